The molecule has 1 fully saturated rings. The maximum Gasteiger partial charge on any atom is 0.223 e. The van der Waals surface area contributed by atoms with E-state index < -0.39 is 0 Å². The fourth-order valence-corrected chi connectivity index (χ4v) is 3.12. The molecule has 5 heteroatoms. The van der Waals surface area contributed by atoms with Crippen LogP contribution in [0.3, 0.4) is 0 Å². The largest absolute Gasteiger partial charge is 0.335 e. The Labute approximate surface area is 125 Å². The Morgan fingerprint density at radius 2 is 2.05 bits per heavy atom. The number of amides is 1. The first-order valence-corrected chi connectivity index (χ1v) is 7.28. The molecule has 5 nitrogen and oxygen atoms in total. The second-order valence-electron chi connectivity index (χ2n) is 6.71. The van der Waals surface area contributed by atoms with Crippen molar-refractivity contribution in [3.8, 4) is 0 Å². The number of hydrogen-bond donors (Lipinski definition) is 0. The predicted octanol–water partition coefficient (Wildman–Crippen LogP) is 3.93. The molecule has 2 atom stereocenters. The summed E-state index contributed by atoms with van der Waals surface area (Å²) in [6.45, 7) is 7.51. The van der Waals surface area contributed by atoms with Crippen LogP contribution in [0.1, 0.15) is 38.8 Å². The molecule has 1 amide bonds. The number of azide groups is 1. The van der Waals surface area contributed by atoms with Gasteiger partial charge in [-0.05, 0) is 22.4 Å². The lowest BCUT2D eigenvalue weighted by molar-refractivity contribution is -0.132. The van der Waals surface area contributed by atoms with Gasteiger partial charge in [0, 0.05) is 24.4 Å². The fraction of sp³-hybridized carbons (Fsp3) is 0.562. The van der Waals surface area contributed by atoms with Crippen LogP contribution in [-0.4, -0.2) is 23.9 Å². The predicted molar refractivity (Wildman–Crippen MR) is 82.5 cm³/mol. The fourth-order valence-electron chi connectivity index (χ4n) is 3.12. The van der Waals surface area contributed by atoms with Crippen molar-refractivity contribution in [2.24, 2.45) is 16.4 Å². The lowest BCUT2D eigenvalue weighted by Gasteiger charge is -2.38. The summed E-state index contributed by atoms with van der Waals surface area (Å²) in [6, 6.07) is 10.2. The molecular weight excluding hydrogens is 264 g/mol. The van der Waals surface area contributed by atoms with Gasteiger partial charge in [0.2, 0.25) is 5.91 Å². The van der Waals surface area contributed by atoms with Crippen LogP contribution >= 0.6 is 0 Å². The zero-order valence-corrected chi connectivity index (χ0v) is 12.9. The summed E-state index contributed by atoms with van der Waals surface area (Å²) in [5.41, 5.74) is 9.54. The Balaban J connectivity index is 2.26. The van der Waals surface area contributed by atoms with Gasteiger partial charge >= 0.3 is 0 Å². The van der Waals surface area contributed by atoms with Crippen molar-refractivity contribution in [1.82, 2.24) is 4.90 Å². The van der Waals surface area contributed by atoms with E-state index in [1.807, 2.05) is 23.1 Å². The van der Waals surface area contributed by atoms with E-state index in [1.165, 1.54) is 0 Å². The minimum atomic E-state index is -0.0512. The number of carbonyl (C=O) groups is 1. The first kappa shape index (κ1) is 15.4. The first-order valence-electron chi connectivity index (χ1n) is 7.28. The number of nitrogens with zero attached hydrogens (tertiary/aromatic N) is 4. The van der Waals surface area contributed by atoms with Gasteiger partial charge in [0.05, 0.1) is 6.04 Å². The topological polar surface area (TPSA) is 69.1 Å². The van der Waals surface area contributed by atoms with Crippen LogP contribution in [0.4, 0.5) is 0 Å². The van der Waals surface area contributed by atoms with Gasteiger partial charge in [0.15, 0.2) is 0 Å². The Morgan fingerprint density at radius 3 is 2.62 bits per heavy atom. The van der Waals surface area contributed by atoms with Crippen LogP contribution in [0.2, 0.25) is 0 Å². The lowest BCUT2D eigenvalue weighted by atomic mass is 9.81. The normalized spacial score (nSPS) is 20.2. The third-order valence-electron chi connectivity index (χ3n) is 3.89. The summed E-state index contributed by atoms with van der Waals surface area (Å²) in [5, 5.41) is 3.62. The van der Waals surface area contributed by atoms with E-state index in [0.717, 1.165) is 5.56 Å². The molecule has 0 spiro atoms. The third-order valence-corrected chi connectivity index (χ3v) is 3.89. The summed E-state index contributed by atoms with van der Waals surface area (Å²) in [5.74, 6) is 0.277. The highest BCUT2D eigenvalue weighted by molar-refractivity contribution is 5.79. The van der Waals surface area contributed by atoms with Gasteiger partial charge in [-0.2, -0.15) is 0 Å². The summed E-state index contributed by atoms with van der Waals surface area (Å²) < 4.78 is 0. The third kappa shape index (κ3) is 3.56. The monoisotopic (exact) mass is 286 g/mol. The van der Waals surface area contributed by atoms with Gasteiger partial charge in [-0.3, -0.25) is 4.79 Å². The molecule has 1 heterocycles. The molecule has 1 aliphatic heterocycles. The Bertz CT molecular complexity index is 543. The number of benzene rings is 1. The van der Waals surface area contributed by atoms with Crippen molar-refractivity contribution < 1.29 is 4.79 Å². The van der Waals surface area contributed by atoms with Crippen LogP contribution in [-0.2, 0) is 4.79 Å². The molecule has 0 bridgehead atoms. The number of hydrogen-bond acceptors (Lipinski definition) is 2. The highest BCUT2D eigenvalue weighted by Gasteiger charge is 2.39. The molecule has 1 aliphatic rings. The summed E-state index contributed by atoms with van der Waals surface area (Å²) >= 11 is 0. The Hall–Kier alpha value is -2.00. The van der Waals surface area contributed by atoms with E-state index >= 15 is 0 Å². The second kappa shape index (κ2) is 6.19. The Morgan fingerprint density at radius 1 is 1.38 bits per heavy atom. The molecule has 2 rings (SSSR count). The maximum absolute atomic E-state index is 12.4. The Kier molecular flexibility index (Phi) is 4.53. The van der Waals surface area contributed by atoms with Crippen LogP contribution in [0, 0.1) is 11.3 Å². The molecule has 1 aromatic rings. The quantitative estimate of drug-likeness (QED) is 0.469. The zero-order valence-electron chi connectivity index (χ0n) is 12.9. The minimum absolute atomic E-state index is 0.0438. The van der Waals surface area contributed by atoms with Crippen LogP contribution in [0.15, 0.2) is 35.4 Å². The number of likely N-dealkylation sites (tertiary alicyclic amines) is 1. The van der Waals surface area contributed by atoms with E-state index in [2.05, 4.69) is 42.9 Å². The molecule has 0 saturated carbocycles. The van der Waals surface area contributed by atoms with Crippen LogP contribution < -0.4 is 0 Å². The first-order chi connectivity index (χ1) is 9.93. The van der Waals surface area contributed by atoms with Gasteiger partial charge < -0.3 is 4.90 Å². The molecule has 0 N–H and O–H groups in total. The molecular formula is C16H22N4O. The molecule has 0 radical (unpaired) electrons. The average Bonchev–Trinajstić information content (AvgIpc) is 2.77. The van der Waals surface area contributed by atoms with Gasteiger partial charge in [0.25, 0.3) is 0 Å². The van der Waals surface area contributed by atoms with E-state index in [4.69, 9.17) is 5.53 Å². The van der Waals surface area contributed by atoms with E-state index in [-0.39, 0.29) is 23.3 Å². The van der Waals surface area contributed by atoms with E-state index in [9.17, 15) is 4.79 Å². The molecule has 1 aromatic carbocycles. The lowest BCUT2D eigenvalue weighted by Crippen LogP contribution is -2.38. The summed E-state index contributed by atoms with van der Waals surface area (Å²) in [6.07, 6.45) is 0.471. The number of carbonyl (C=O) groups excluding carboxylic acids is 1. The van der Waals surface area contributed by atoms with Crippen molar-refractivity contribution in [1.29, 1.82) is 0 Å². The van der Waals surface area contributed by atoms with Crippen molar-refractivity contribution in [3.63, 3.8) is 0 Å². The van der Waals surface area contributed by atoms with Gasteiger partial charge in [-0.15, -0.1) is 0 Å². The molecule has 0 aromatic heterocycles. The summed E-state index contributed by atoms with van der Waals surface area (Å²) in [7, 11) is 0. The van der Waals surface area contributed by atoms with E-state index in [0.29, 0.717) is 19.5 Å². The number of rotatable bonds is 4. The highest BCUT2D eigenvalue weighted by Crippen LogP contribution is 2.41. The summed E-state index contributed by atoms with van der Waals surface area (Å²) in [4.78, 5) is 17.1. The molecule has 0 aliphatic carbocycles. The molecule has 1 saturated heterocycles. The maximum atomic E-state index is 12.4. The standard InChI is InChI=1S/C16H22N4O/c1-16(2,3)15(13-7-5-4-6-8-13)20-11-12(9-14(20)21)10-18-19-17/h4-8,12,15H,9-11H2,1-3H3. The molecule has 2 unspecified atom stereocenters. The van der Waals surface area contributed by atoms with Crippen LogP contribution in [0.25, 0.3) is 10.4 Å². The average molecular weight is 286 g/mol. The van der Waals surface area contributed by atoms with E-state index in [1.54, 1.807) is 0 Å². The van der Waals surface area contributed by atoms with Crippen molar-refractivity contribution in [2.75, 3.05) is 13.1 Å². The van der Waals surface area contributed by atoms with Gasteiger partial charge in [-0.25, -0.2) is 0 Å². The molecule has 112 valence electrons. The van der Waals surface area contributed by atoms with Crippen molar-refractivity contribution in [3.05, 3.63) is 46.3 Å². The van der Waals surface area contributed by atoms with Gasteiger partial charge in [-0.1, -0.05) is 56.2 Å². The second-order valence-corrected chi connectivity index (χ2v) is 6.71. The zero-order chi connectivity index (χ0) is 15.5. The minimum Gasteiger partial charge on any atom is -0.335 e. The van der Waals surface area contributed by atoms with Gasteiger partial charge in [0.1, 0.15) is 0 Å². The van der Waals surface area contributed by atoms with Crippen molar-refractivity contribution >= 4 is 5.91 Å². The molecule has 21 heavy (non-hydrogen) atoms. The van der Waals surface area contributed by atoms with Crippen molar-refractivity contribution in [2.45, 2.75) is 33.2 Å². The SMILES string of the molecule is CC(C)(C)C(c1ccccc1)N1CC(CN=[N+]=[N-])CC1=O. The highest BCUT2D eigenvalue weighted by atomic mass is 16.2. The van der Waals surface area contributed by atoms with Crippen LogP contribution in [0.5, 0.6) is 0 Å². The smallest absolute Gasteiger partial charge is 0.223 e.